The molecule has 0 saturated heterocycles. The smallest absolute Gasteiger partial charge is 0.388 e. The summed E-state index contributed by atoms with van der Waals surface area (Å²) in [6, 6.07) is 8.67. The topological polar surface area (TPSA) is 75.5 Å². The molecule has 0 aliphatic heterocycles. The van der Waals surface area contributed by atoms with Crippen LogP contribution in [0.1, 0.15) is 31.9 Å². The lowest BCUT2D eigenvalue weighted by Gasteiger charge is -2.14. The molecule has 2 heterocycles. The summed E-state index contributed by atoms with van der Waals surface area (Å²) >= 11 is 12.5. The van der Waals surface area contributed by atoms with E-state index in [0.29, 0.717) is 16.9 Å². The van der Waals surface area contributed by atoms with Gasteiger partial charge in [-0.2, -0.15) is 13.9 Å². The molecule has 182 valence electrons. The quantitative estimate of drug-likeness (QED) is 0.195. The number of ether oxygens (including phenoxy) is 3. The summed E-state index contributed by atoms with van der Waals surface area (Å²) in [6.07, 6.45) is 0.784. The molecule has 0 saturated carbocycles. The predicted octanol–water partition coefficient (Wildman–Crippen LogP) is 6.09. The number of benzene rings is 1. The van der Waals surface area contributed by atoms with Gasteiger partial charge in [0.15, 0.2) is 0 Å². The molecule has 0 spiro atoms. The molecule has 0 amide bonds. The molecule has 34 heavy (non-hydrogen) atoms. The second kappa shape index (κ2) is 11.0. The van der Waals surface area contributed by atoms with Crippen LogP contribution in [0.2, 0.25) is 10.2 Å². The molecule has 3 aromatic rings. The minimum absolute atomic E-state index is 0.00823. The van der Waals surface area contributed by atoms with Crippen molar-refractivity contribution in [3.05, 3.63) is 51.6 Å². The standard InChI is InChI=1S/C23H23Cl2F2N3O4/c1-5-13-6-7-14(16(10-13)33-22(31)12(2)3)11-32-17-9-8-15(20(25)28-17)19-18(24)21(30(4)29-19)34-23(26)27/h6-10,12,23H,5,11H2,1-4H3. The zero-order chi connectivity index (χ0) is 25.0. The molecule has 0 bridgehead atoms. The van der Waals surface area contributed by atoms with Crippen LogP contribution in [0.5, 0.6) is 17.5 Å². The highest BCUT2D eigenvalue weighted by atomic mass is 35.5. The molecule has 7 nitrogen and oxygen atoms in total. The van der Waals surface area contributed by atoms with Crippen molar-refractivity contribution in [1.29, 1.82) is 0 Å². The molecule has 0 fully saturated rings. The van der Waals surface area contributed by atoms with Crippen molar-refractivity contribution in [2.24, 2.45) is 13.0 Å². The summed E-state index contributed by atoms with van der Waals surface area (Å²) in [5.41, 5.74) is 2.14. The number of aryl methyl sites for hydroxylation is 2. The van der Waals surface area contributed by atoms with Gasteiger partial charge in [0.1, 0.15) is 28.2 Å². The Morgan fingerprint density at radius 2 is 1.91 bits per heavy atom. The van der Waals surface area contributed by atoms with Gasteiger partial charge in [-0.25, -0.2) is 9.67 Å². The minimum atomic E-state index is -3.05. The Labute approximate surface area is 205 Å². The Kier molecular flexibility index (Phi) is 8.33. The van der Waals surface area contributed by atoms with Crippen LogP contribution in [0.15, 0.2) is 30.3 Å². The van der Waals surface area contributed by atoms with Crippen LogP contribution in [-0.4, -0.2) is 27.3 Å². The van der Waals surface area contributed by atoms with Crippen molar-refractivity contribution < 1.29 is 27.8 Å². The summed E-state index contributed by atoms with van der Waals surface area (Å²) in [6.45, 7) is 2.53. The van der Waals surface area contributed by atoms with E-state index in [9.17, 15) is 13.6 Å². The molecule has 2 aromatic heterocycles. The van der Waals surface area contributed by atoms with Crippen molar-refractivity contribution in [3.63, 3.8) is 0 Å². The zero-order valence-electron chi connectivity index (χ0n) is 18.9. The van der Waals surface area contributed by atoms with E-state index in [1.54, 1.807) is 26.0 Å². The number of hydrogen-bond donors (Lipinski definition) is 0. The van der Waals surface area contributed by atoms with E-state index < -0.39 is 6.61 Å². The van der Waals surface area contributed by atoms with Crippen LogP contribution in [-0.2, 0) is 24.9 Å². The summed E-state index contributed by atoms with van der Waals surface area (Å²) in [7, 11) is 1.42. The molecule has 0 N–H and O–H groups in total. The number of pyridine rings is 1. The largest absolute Gasteiger partial charge is 0.473 e. The lowest BCUT2D eigenvalue weighted by atomic mass is 10.1. The Balaban J connectivity index is 1.81. The maximum absolute atomic E-state index is 12.6. The fraction of sp³-hybridized carbons (Fsp3) is 0.348. The Morgan fingerprint density at radius 1 is 1.18 bits per heavy atom. The van der Waals surface area contributed by atoms with Gasteiger partial charge in [0, 0.05) is 24.2 Å². The van der Waals surface area contributed by atoms with Gasteiger partial charge in [0.2, 0.25) is 11.8 Å². The van der Waals surface area contributed by atoms with E-state index >= 15 is 0 Å². The monoisotopic (exact) mass is 513 g/mol. The maximum atomic E-state index is 12.6. The van der Waals surface area contributed by atoms with Crippen LogP contribution in [0.25, 0.3) is 11.3 Å². The van der Waals surface area contributed by atoms with E-state index in [0.717, 1.165) is 16.7 Å². The number of hydrogen-bond acceptors (Lipinski definition) is 6. The second-order valence-corrected chi connectivity index (χ2v) is 8.35. The molecule has 0 aliphatic carbocycles. The third kappa shape index (κ3) is 5.95. The van der Waals surface area contributed by atoms with Crippen molar-refractivity contribution in [2.75, 3.05) is 0 Å². The number of aromatic nitrogens is 3. The number of alkyl halides is 2. The van der Waals surface area contributed by atoms with Crippen LogP contribution in [0.4, 0.5) is 8.78 Å². The first kappa shape index (κ1) is 25.7. The molecule has 1 aromatic carbocycles. The molecule has 11 heteroatoms. The van der Waals surface area contributed by atoms with Crippen molar-refractivity contribution in [2.45, 2.75) is 40.4 Å². The molecule has 0 aliphatic rings. The first-order valence-electron chi connectivity index (χ1n) is 10.4. The molecule has 3 rings (SSSR count). The third-order valence-electron chi connectivity index (χ3n) is 4.82. The molecule has 0 radical (unpaired) electrons. The molecular weight excluding hydrogens is 491 g/mol. The SMILES string of the molecule is CCc1ccc(COc2ccc(-c3nn(C)c(OC(F)F)c3Cl)c(Cl)n2)c(OC(=O)C(C)C)c1. The van der Waals surface area contributed by atoms with Crippen LogP contribution < -0.4 is 14.2 Å². The lowest BCUT2D eigenvalue weighted by Crippen LogP contribution is -2.16. The van der Waals surface area contributed by atoms with Gasteiger partial charge in [-0.05, 0) is 24.1 Å². The Hall–Kier alpha value is -2.91. The van der Waals surface area contributed by atoms with Crippen LogP contribution >= 0.6 is 23.2 Å². The molecule has 0 atom stereocenters. The van der Waals surface area contributed by atoms with E-state index in [1.807, 2.05) is 25.1 Å². The Bertz CT molecular complexity index is 1190. The highest BCUT2D eigenvalue weighted by molar-refractivity contribution is 6.36. The predicted molar refractivity (Wildman–Crippen MR) is 124 cm³/mol. The van der Waals surface area contributed by atoms with E-state index in [-0.39, 0.29) is 46.1 Å². The van der Waals surface area contributed by atoms with Gasteiger partial charge in [-0.1, -0.05) is 56.1 Å². The van der Waals surface area contributed by atoms with E-state index in [2.05, 4.69) is 14.8 Å². The third-order valence-corrected chi connectivity index (χ3v) is 5.44. The fourth-order valence-corrected chi connectivity index (χ4v) is 3.50. The van der Waals surface area contributed by atoms with Gasteiger partial charge in [0.05, 0.1) is 5.92 Å². The number of halogens is 4. The minimum Gasteiger partial charge on any atom is -0.473 e. The number of nitrogens with zero attached hydrogens (tertiary/aromatic N) is 3. The first-order chi connectivity index (χ1) is 16.1. The number of rotatable bonds is 9. The van der Waals surface area contributed by atoms with E-state index in [4.69, 9.17) is 32.7 Å². The summed E-state index contributed by atoms with van der Waals surface area (Å²) < 4.78 is 42.0. The second-order valence-electron chi connectivity index (χ2n) is 7.62. The van der Waals surface area contributed by atoms with Crippen LogP contribution in [0, 0.1) is 5.92 Å². The molecule has 0 unspecified atom stereocenters. The van der Waals surface area contributed by atoms with Crippen molar-refractivity contribution in [3.8, 4) is 28.8 Å². The van der Waals surface area contributed by atoms with Gasteiger partial charge in [0.25, 0.3) is 0 Å². The summed E-state index contributed by atoms with van der Waals surface area (Å²) in [5, 5.41) is 3.99. The van der Waals surface area contributed by atoms with Crippen molar-refractivity contribution >= 4 is 29.2 Å². The van der Waals surface area contributed by atoms with Crippen LogP contribution in [0.3, 0.4) is 0 Å². The summed E-state index contributed by atoms with van der Waals surface area (Å²) in [5.74, 6) is -0.292. The average molecular weight is 514 g/mol. The maximum Gasteiger partial charge on any atom is 0.388 e. The highest BCUT2D eigenvalue weighted by Gasteiger charge is 2.22. The number of carbonyl (C=O) groups is 1. The first-order valence-corrected chi connectivity index (χ1v) is 11.2. The van der Waals surface area contributed by atoms with Gasteiger partial charge < -0.3 is 14.2 Å². The molecular formula is C23H23Cl2F2N3O4. The normalized spacial score (nSPS) is 11.2. The number of carbonyl (C=O) groups excluding carboxylic acids is 1. The Morgan fingerprint density at radius 3 is 2.53 bits per heavy atom. The number of esters is 1. The zero-order valence-corrected chi connectivity index (χ0v) is 20.5. The summed E-state index contributed by atoms with van der Waals surface area (Å²) in [4.78, 5) is 16.3. The fourth-order valence-electron chi connectivity index (χ4n) is 2.95. The lowest BCUT2D eigenvalue weighted by molar-refractivity contribution is -0.137. The van der Waals surface area contributed by atoms with Gasteiger partial charge >= 0.3 is 12.6 Å². The van der Waals surface area contributed by atoms with E-state index in [1.165, 1.54) is 7.05 Å². The highest BCUT2D eigenvalue weighted by Crippen LogP contribution is 2.38. The average Bonchev–Trinajstić information content (AvgIpc) is 3.05. The van der Waals surface area contributed by atoms with Gasteiger partial charge in [-0.15, -0.1) is 0 Å². The van der Waals surface area contributed by atoms with Gasteiger partial charge in [-0.3, -0.25) is 4.79 Å². The van der Waals surface area contributed by atoms with Crippen molar-refractivity contribution in [1.82, 2.24) is 14.8 Å².